The molecule has 0 heterocycles. The molecule has 1 unspecified atom stereocenters. The zero-order valence-corrected chi connectivity index (χ0v) is 14.5. The minimum Gasteiger partial charge on any atom is -0.349 e. The van der Waals surface area contributed by atoms with Crippen LogP contribution in [0.3, 0.4) is 0 Å². The number of halogens is 3. The van der Waals surface area contributed by atoms with Crippen molar-refractivity contribution in [2.45, 2.75) is 19.4 Å². The third-order valence-electron chi connectivity index (χ3n) is 3.03. The second kappa shape index (κ2) is 7.18. The molecular formula is C16H14Br2FNO. The van der Waals surface area contributed by atoms with E-state index in [0.29, 0.717) is 12.0 Å². The molecule has 1 amide bonds. The standard InChI is InChI=1S/C16H14Br2FNO/c1-10(9-11-5-7-12(17)8-6-11)20-16(21)13-3-2-4-14(19)15(13)18/h2-8,10H,9H2,1H3,(H,20,21). The van der Waals surface area contributed by atoms with Crippen LogP contribution in [0.2, 0.25) is 0 Å². The molecule has 0 aliphatic heterocycles. The normalized spacial score (nSPS) is 12.0. The first-order valence-electron chi connectivity index (χ1n) is 6.46. The Bertz CT molecular complexity index is 643. The van der Waals surface area contributed by atoms with E-state index in [4.69, 9.17) is 0 Å². The number of hydrogen-bond donors (Lipinski definition) is 1. The topological polar surface area (TPSA) is 29.1 Å². The van der Waals surface area contributed by atoms with Crippen LogP contribution in [0.25, 0.3) is 0 Å². The van der Waals surface area contributed by atoms with Crippen molar-refractivity contribution in [1.29, 1.82) is 0 Å². The fourth-order valence-corrected chi connectivity index (χ4v) is 2.71. The zero-order valence-electron chi connectivity index (χ0n) is 11.4. The number of carbonyl (C=O) groups is 1. The lowest BCUT2D eigenvalue weighted by molar-refractivity contribution is 0.0939. The van der Waals surface area contributed by atoms with Gasteiger partial charge in [-0.1, -0.05) is 34.1 Å². The lowest BCUT2D eigenvalue weighted by Gasteiger charge is -2.15. The van der Waals surface area contributed by atoms with Crippen molar-refractivity contribution >= 4 is 37.8 Å². The fourth-order valence-electron chi connectivity index (χ4n) is 2.01. The Kier molecular flexibility index (Phi) is 5.53. The van der Waals surface area contributed by atoms with E-state index in [1.165, 1.54) is 12.1 Å². The molecule has 1 atom stereocenters. The van der Waals surface area contributed by atoms with Gasteiger partial charge in [0.15, 0.2) is 0 Å². The summed E-state index contributed by atoms with van der Waals surface area (Å²) in [6, 6.07) is 12.3. The summed E-state index contributed by atoms with van der Waals surface area (Å²) in [4.78, 5) is 12.2. The van der Waals surface area contributed by atoms with E-state index >= 15 is 0 Å². The molecule has 0 saturated heterocycles. The maximum absolute atomic E-state index is 13.4. The van der Waals surface area contributed by atoms with Gasteiger partial charge in [0.1, 0.15) is 5.82 Å². The molecule has 0 spiro atoms. The highest BCUT2D eigenvalue weighted by Gasteiger charge is 2.15. The second-order valence-electron chi connectivity index (χ2n) is 4.81. The molecule has 0 saturated carbocycles. The van der Waals surface area contributed by atoms with Gasteiger partial charge < -0.3 is 5.32 Å². The van der Waals surface area contributed by atoms with Crippen molar-refractivity contribution < 1.29 is 9.18 Å². The summed E-state index contributed by atoms with van der Waals surface area (Å²) in [6.45, 7) is 1.92. The summed E-state index contributed by atoms with van der Waals surface area (Å²) in [5, 5.41) is 2.88. The fraction of sp³-hybridized carbons (Fsp3) is 0.188. The molecule has 0 fully saturated rings. The number of nitrogens with one attached hydrogen (secondary N) is 1. The van der Waals surface area contributed by atoms with E-state index in [1.54, 1.807) is 6.07 Å². The molecule has 110 valence electrons. The second-order valence-corrected chi connectivity index (χ2v) is 6.52. The van der Waals surface area contributed by atoms with Crippen LogP contribution in [0.5, 0.6) is 0 Å². The van der Waals surface area contributed by atoms with Crippen LogP contribution in [0.1, 0.15) is 22.8 Å². The number of benzene rings is 2. The number of hydrogen-bond acceptors (Lipinski definition) is 1. The van der Waals surface area contributed by atoms with Crippen molar-refractivity contribution in [2.75, 3.05) is 0 Å². The van der Waals surface area contributed by atoms with E-state index in [9.17, 15) is 9.18 Å². The van der Waals surface area contributed by atoms with Gasteiger partial charge in [-0.3, -0.25) is 4.79 Å². The summed E-state index contributed by atoms with van der Waals surface area (Å²) in [5.41, 5.74) is 1.43. The lowest BCUT2D eigenvalue weighted by atomic mass is 10.1. The average Bonchev–Trinajstić information content (AvgIpc) is 2.44. The Morgan fingerprint density at radius 1 is 1.19 bits per heavy atom. The van der Waals surface area contributed by atoms with Crippen molar-refractivity contribution in [3.8, 4) is 0 Å². The third-order valence-corrected chi connectivity index (χ3v) is 4.36. The SMILES string of the molecule is CC(Cc1ccc(Br)cc1)NC(=O)c1cccc(F)c1Br. The average molecular weight is 415 g/mol. The number of carbonyl (C=O) groups excluding carboxylic acids is 1. The molecule has 2 rings (SSSR count). The van der Waals surface area contributed by atoms with Crippen molar-refractivity contribution in [3.05, 3.63) is 68.4 Å². The first kappa shape index (κ1) is 16.2. The maximum Gasteiger partial charge on any atom is 0.252 e. The van der Waals surface area contributed by atoms with Crippen LogP contribution >= 0.6 is 31.9 Å². The number of rotatable bonds is 4. The van der Waals surface area contributed by atoms with E-state index in [2.05, 4.69) is 37.2 Å². The molecule has 0 aliphatic carbocycles. The molecule has 5 heteroatoms. The van der Waals surface area contributed by atoms with Crippen molar-refractivity contribution in [1.82, 2.24) is 5.32 Å². The van der Waals surface area contributed by atoms with Gasteiger partial charge in [-0.25, -0.2) is 4.39 Å². The van der Waals surface area contributed by atoms with Crippen LogP contribution in [-0.4, -0.2) is 11.9 Å². The Hall–Kier alpha value is -1.20. The van der Waals surface area contributed by atoms with Gasteiger partial charge in [0.25, 0.3) is 5.91 Å². The van der Waals surface area contributed by atoms with E-state index in [-0.39, 0.29) is 16.4 Å². The van der Waals surface area contributed by atoms with E-state index in [1.807, 2.05) is 31.2 Å². The molecule has 21 heavy (non-hydrogen) atoms. The first-order valence-corrected chi connectivity index (χ1v) is 8.05. The highest BCUT2D eigenvalue weighted by molar-refractivity contribution is 9.10. The predicted molar refractivity (Wildman–Crippen MR) is 88.9 cm³/mol. The van der Waals surface area contributed by atoms with Gasteiger partial charge in [0.05, 0.1) is 10.0 Å². The lowest BCUT2D eigenvalue weighted by Crippen LogP contribution is -2.34. The van der Waals surface area contributed by atoms with Crippen LogP contribution in [0.15, 0.2) is 51.4 Å². The minimum absolute atomic E-state index is 0.0474. The Morgan fingerprint density at radius 3 is 2.52 bits per heavy atom. The van der Waals surface area contributed by atoms with Gasteiger partial charge in [-0.15, -0.1) is 0 Å². The van der Waals surface area contributed by atoms with E-state index < -0.39 is 5.82 Å². The van der Waals surface area contributed by atoms with Crippen LogP contribution in [-0.2, 0) is 6.42 Å². The molecule has 0 bridgehead atoms. The molecule has 2 aromatic carbocycles. The van der Waals surface area contributed by atoms with Crippen LogP contribution in [0.4, 0.5) is 4.39 Å². The van der Waals surface area contributed by atoms with E-state index in [0.717, 1.165) is 10.0 Å². The molecule has 1 N–H and O–H groups in total. The van der Waals surface area contributed by atoms with Gasteiger partial charge in [0, 0.05) is 10.5 Å². The smallest absolute Gasteiger partial charge is 0.252 e. The summed E-state index contributed by atoms with van der Waals surface area (Å²) in [7, 11) is 0. The largest absolute Gasteiger partial charge is 0.349 e. The van der Waals surface area contributed by atoms with Gasteiger partial charge in [-0.05, 0) is 59.1 Å². The van der Waals surface area contributed by atoms with Crippen molar-refractivity contribution in [3.63, 3.8) is 0 Å². The maximum atomic E-state index is 13.4. The molecule has 0 radical (unpaired) electrons. The third kappa shape index (κ3) is 4.38. The molecule has 2 aromatic rings. The van der Waals surface area contributed by atoms with Crippen LogP contribution in [0, 0.1) is 5.82 Å². The summed E-state index contributed by atoms with van der Waals surface area (Å²) >= 11 is 6.49. The van der Waals surface area contributed by atoms with Crippen LogP contribution < -0.4 is 5.32 Å². The monoisotopic (exact) mass is 413 g/mol. The Balaban J connectivity index is 2.02. The summed E-state index contributed by atoms with van der Waals surface area (Å²) in [6.07, 6.45) is 0.714. The predicted octanol–water partition coefficient (Wildman–Crippen LogP) is 4.71. The summed E-state index contributed by atoms with van der Waals surface area (Å²) < 4.78 is 14.6. The Morgan fingerprint density at radius 2 is 1.86 bits per heavy atom. The molecule has 2 nitrogen and oxygen atoms in total. The van der Waals surface area contributed by atoms with Gasteiger partial charge >= 0.3 is 0 Å². The minimum atomic E-state index is -0.441. The molecule has 0 aromatic heterocycles. The number of amides is 1. The highest BCUT2D eigenvalue weighted by Crippen LogP contribution is 2.20. The molecule has 0 aliphatic rings. The molecular weight excluding hydrogens is 401 g/mol. The quantitative estimate of drug-likeness (QED) is 0.770. The highest BCUT2D eigenvalue weighted by atomic mass is 79.9. The summed E-state index contributed by atoms with van der Waals surface area (Å²) in [5.74, 6) is -0.728. The zero-order chi connectivity index (χ0) is 15.4. The van der Waals surface area contributed by atoms with Gasteiger partial charge in [0.2, 0.25) is 0 Å². The van der Waals surface area contributed by atoms with Gasteiger partial charge in [-0.2, -0.15) is 0 Å². The Labute approximate surface area is 140 Å². The van der Waals surface area contributed by atoms with Crippen molar-refractivity contribution in [2.24, 2.45) is 0 Å². The first-order chi connectivity index (χ1) is 9.97.